The van der Waals surface area contributed by atoms with Gasteiger partial charge in [0.1, 0.15) is 5.82 Å². The second-order valence-corrected chi connectivity index (χ2v) is 5.10. The van der Waals surface area contributed by atoms with Gasteiger partial charge in [0.25, 0.3) is 5.91 Å². The van der Waals surface area contributed by atoms with E-state index in [0.29, 0.717) is 28.8 Å². The minimum atomic E-state index is -0.404. The van der Waals surface area contributed by atoms with Crippen molar-refractivity contribution >= 4 is 28.5 Å². The standard InChI is InChI=1S/C12H16FIN2O2/c1-8(17)7-15-4-5-16-12(18)10-3-2-9(13)6-11(10)14/h2-3,6,8,15,17H,4-5,7H2,1H3,(H,16,18). The fourth-order valence-electron chi connectivity index (χ4n) is 1.34. The zero-order valence-corrected chi connectivity index (χ0v) is 12.2. The molecule has 0 radical (unpaired) electrons. The Morgan fingerprint density at radius 1 is 1.50 bits per heavy atom. The first-order valence-corrected chi connectivity index (χ1v) is 6.70. The molecule has 3 N–H and O–H groups in total. The molecule has 0 aliphatic rings. The Morgan fingerprint density at radius 3 is 2.83 bits per heavy atom. The lowest BCUT2D eigenvalue weighted by Gasteiger charge is -2.09. The van der Waals surface area contributed by atoms with Crippen molar-refractivity contribution < 1.29 is 14.3 Å². The highest BCUT2D eigenvalue weighted by atomic mass is 127. The van der Waals surface area contributed by atoms with Gasteiger partial charge in [-0.1, -0.05) is 0 Å². The Hall–Kier alpha value is -0.730. The van der Waals surface area contributed by atoms with Crippen molar-refractivity contribution in [3.8, 4) is 0 Å². The normalized spacial score (nSPS) is 12.2. The van der Waals surface area contributed by atoms with Crippen LogP contribution in [0.1, 0.15) is 17.3 Å². The Kier molecular flexibility index (Phi) is 6.51. The lowest BCUT2D eigenvalue weighted by molar-refractivity contribution is 0.0952. The van der Waals surface area contributed by atoms with Gasteiger partial charge >= 0.3 is 0 Å². The summed E-state index contributed by atoms with van der Waals surface area (Å²) in [6, 6.07) is 4.06. The average molecular weight is 366 g/mol. The molecule has 18 heavy (non-hydrogen) atoms. The van der Waals surface area contributed by atoms with E-state index in [1.165, 1.54) is 18.2 Å². The summed E-state index contributed by atoms with van der Waals surface area (Å²) in [4.78, 5) is 11.8. The van der Waals surface area contributed by atoms with Crippen LogP contribution in [0.15, 0.2) is 18.2 Å². The maximum atomic E-state index is 12.9. The van der Waals surface area contributed by atoms with E-state index >= 15 is 0 Å². The van der Waals surface area contributed by atoms with Crippen LogP contribution in [0, 0.1) is 9.39 Å². The Balaban J connectivity index is 2.36. The van der Waals surface area contributed by atoms with Gasteiger partial charge < -0.3 is 15.7 Å². The quantitative estimate of drug-likeness (QED) is 0.523. The lowest BCUT2D eigenvalue weighted by Crippen LogP contribution is -2.34. The number of benzene rings is 1. The molecule has 0 aliphatic heterocycles. The van der Waals surface area contributed by atoms with Gasteiger partial charge in [0, 0.05) is 23.2 Å². The summed E-state index contributed by atoms with van der Waals surface area (Å²) >= 11 is 1.93. The molecule has 0 aliphatic carbocycles. The van der Waals surface area contributed by atoms with Crippen LogP contribution in [0.3, 0.4) is 0 Å². The van der Waals surface area contributed by atoms with Crippen LogP contribution in [0.2, 0.25) is 0 Å². The number of nitrogens with one attached hydrogen (secondary N) is 2. The Morgan fingerprint density at radius 2 is 2.22 bits per heavy atom. The van der Waals surface area contributed by atoms with Crippen LogP contribution < -0.4 is 10.6 Å². The molecule has 4 nitrogen and oxygen atoms in total. The van der Waals surface area contributed by atoms with Crippen LogP contribution >= 0.6 is 22.6 Å². The van der Waals surface area contributed by atoms with Gasteiger partial charge in [0.05, 0.1) is 11.7 Å². The maximum Gasteiger partial charge on any atom is 0.252 e. The summed E-state index contributed by atoms with van der Waals surface area (Å²) in [6.45, 7) is 3.21. The molecule has 0 saturated heterocycles. The van der Waals surface area contributed by atoms with Crippen LogP contribution in [0.4, 0.5) is 4.39 Å². The van der Waals surface area contributed by atoms with Crippen LogP contribution in [-0.4, -0.2) is 36.8 Å². The molecule has 0 bridgehead atoms. The SMILES string of the molecule is CC(O)CNCCNC(=O)c1ccc(F)cc1I. The fraction of sp³-hybridized carbons (Fsp3) is 0.417. The topological polar surface area (TPSA) is 61.4 Å². The molecule has 0 aromatic heterocycles. The molecule has 1 amide bonds. The number of aliphatic hydroxyl groups excluding tert-OH is 1. The van der Waals surface area contributed by atoms with Gasteiger partial charge in [0.2, 0.25) is 0 Å². The second-order valence-electron chi connectivity index (χ2n) is 3.93. The summed E-state index contributed by atoms with van der Waals surface area (Å²) in [5.74, 6) is -0.576. The molecule has 0 saturated carbocycles. The number of amides is 1. The summed E-state index contributed by atoms with van der Waals surface area (Å²) in [6.07, 6.45) is -0.404. The van der Waals surface area contributed by atoms with Crippen molar-refractivity contribution in [2.24, 2.45) is 0 Å². The van der Waals surface area contributed by atoms with Crippen molar-refractivity contribution in [2.75, 3.05) is 19.6 Å². The first-order valence-electron chi connectivity index (χ1n) is 5.62. The summed E-state index contributed by atoms with van der Waals surface area (Å²) in [7, 11) is 0. The van der Waals surface area contributed by atoms with Crippen molar-refractivity contribution in [3.05, 3.63) is 33.1 Å². The number of carbonyl (C=O) groups is 1. The molecule has 0 heterocycles. The van der Waals surface area contributed by atoms with Crippen molar-refractivity contribution in [2.45, 2.75) is 13.0 Å². The van der Waals surface area contributed by atoms with Gasteiger partial charge in [0.15, 0.2) is 0 Å². The van der Waals surface area contributed by atoms with Crippen LogP contribution in [0.5, 0.6) is 0 Å². The van der Waals surface area contributed by atoms with Gasteiger partial charge in [-0.25, -0.2) is 4.39 Å². The average Bonchev–Trinajstić information content (AvgIpc) is 2.27. The highest BCUT2D eigenvalue weighted by molar-refractivity contribution is 14.1. The number of rotatable bonds is 6. The zero-order chi connectivity index (χ0) is 13.5. The zero-order valence-electron chi connectivity index (χ0n) is 10.0. The van der Waals surface area contributed by atoms with Crippen molar-refractivity contribution in [1.82, 2.24) is 10.6 Å². The van der Waals surface area contributed by atoms with E-state index in [2.05, 4.69) is 10.6 Å². The fourth-order valence-corrected chi connectivity index (χ4v) is 2.07. The van der Waals surface area contributed by atoms with Crippen LogP contribution in [-0.2, 0) is 0 Å². The molecular formula is C12H16FIN2O2. The molecule has 1 aromatic carbocycles. The third kappa shape index (κ3) is 5.28. The summed E-state index contributed by atoms with van der Waals surface area (Å²) in [5.41, 5.74) is 0.465. The Labute approximate surface area is 119 Å². The van der Waals surface area contributed by atoms with E-state index in [0.717, 1.165) is 0 Å². The molecular weight excluding hydrogens is 350 g/mol. The predicted molar refractivity (Wildman–Crippen MR) is 76.0 cm³/mol. The molecule has 0 fully saturated rings. The van der Waals surface area contributed by atoms with Crippen molar-refractivity contribution in [1.29, 1.82) is 0 Å². The minimum absolute atomic E-state index is 0.224. The maximum absolute atomic E-state index is 12.9. The first-order chi connectivity index (χ1) is 8.50. The highest BCUT2D eigenvalue weighted by Gasteiger charge is 2.09. The number of halogens is 2. The van der Waals surface area contributed by atoms with Crippen molar-refractivity contribution in [3.63, 3.8) is 0 Å². The number of carbonyl (C=O) groups excluding carboxylic acids is 1. The second kappa shape index (κ2) is 7.65. The first kappa shape index (κ1) is 15.3. The van der Waals surface area contributed by atoms with E-state index in [-0.39, 0.29) is 11.7 Å². The number of hydrogen-bond acceptors (Lipinski definition) is 3. The highest BCUT2D eigenvalue weighted by Crippen LogP contribution is 2.13. The molecule has 1 unspecified atom stereocenters. The largest absolute Gasteiger partial charge is 0.392 e. The van der Waals surface area contributed by atoms with E-state index in [1.54, 1.807) is 6.92 Å². The van der Waals surface area contributed by atoms with Gasteiger partial charge in [-0.05, 0) is 47.7 Å². The third-order valence-electron chi connectivity index (χ3n) is 2.20. The van der Waals surface area contributed by atoms with Crippen LogP contribution in [0.25, 0.3) is 0 Å². The third-order valence-corrected chi connectivity index (χ3v) is 3.10. The molecule has 1 aromatic rings. The van der Waals surface area contributed by atoms with Gasteiger partial charge in [-0.2, -0.15) is 0 Å². The van der Waals surface area contributed by atoms with Gasteiger partial charge in [-0.3, -0.25) is 4.79 Å². The Bertz CT molecular complexity index is 413. The predicted octanol–water partition coefficient (Wildman–Crippen LogP) is 1.13. The smallest absolute Gasteiger partial charge is 0.252 e. The molecule has 1 rings (SSSR count). The summed E-state index contributed by atoms with van der Waals surface area (Å²) in [5, 5.41) is 14.7. The van der Waals surface area contributed by atoms with E-state index in [4.69, 9.17) is 5.11 Å². The molecule has 1 atom stereocenters. The molecule has 6 heteroatoms. The summed E-state index contributed by atoms with van der Waals surface area (Å²) < 4.78 is 13.5. The van der Waals surface area contributed by atoms with E-state index in [1.807, 2.05) is 22.6 Å². The lowest BCUT2D eigenvalue weighted by atomic mass is 10.2. The van der Waals surface area contributed by atoms with E-state index in [9.17, 15) is 9.18 Å². The molecule has 0 spiro atoms. The van der Waals surface area contributed by atoms with Gasteiger partial charge in [-0.15, -0.1) is 0 Å². The number of aliphatic hydroxyl groups is 1. The minimum Gasteiger partial charge on any atom is -0.392 e. The monoisotopic (exact) mass is 366 g/mol. The van der Waals surface area contributed by atoms with E-state index < -0.39 is 6.10 Å². The molecule has 100 valence electrons. The number of hydrogen-bond donors (Lipinski definition) is 3.